The van der Waals surface area contributed by atoms with E-state index < -0.39 is 12.0 Å². The van der Waals surface area contributed by atoms with Gasteiger partial charge in [-0.1, -0.05) is 13.0 Å². The van der Waals surface area contributed by atoms with Crippen LogP contribution < -0.4 is 15.4 Å². The number of aromatic nitrogens is 3. The summed E-state index contributed by atoms with van der Waals surface area (Å²) in [5.74, 6) is 0.585. The molecular formula is C14H15N5O3. The number of carbonyl (C=O) groups excluding carboxylic acids is 2. The second-order valence-corrected chi connectivity index (χ2v) is 4.84. The second kappa shape index (κ2) is 5.47. The molecule has 0 saturated carbocycles. The van der Waals surface area contributed by atoms with Crippen LogP contribution in [0.25, 0.3) is 0 Å². The normalized spacial score (nSPS) is 16.5. The fourth-order valence-electron chi connectivity index (χ4n) is 2.08. The number of fused-ring (bicyclic) bond motifs is 1. The van der Waals surface area contributed by atoms with Crippen molar-refractivity contribution in [3.8, 4) is 5.75 Å². The molecule has 1 aliphatic heterocycles. The molecule has 1 atom stereocenters. The molecule has 0 spiro atoms. The molecule has 114 valence electrons. The van der Waals surface area contributed by atoms with Crippen LogP contribution in [-0.2, 0) is 11.2 Å². The van der Waals surface area contributed by atoms with Gasteiger partial charge in [-0.3, -0.25) is 20.0 Å². The van der Waals surface area contributed by atoms with Crippen LogP contribution in [0.1, 0.15) is 30.0 Å². The van der Waals surface area contributed by atoms with Crippen LogP contribution in [0.5, 0.6) is 5.75 Å². The lowest BCUT2D eigenvalue weighted by molar-refractivity contribution is -0.122. The van der Waals surface area contributed by atoms with Crippen LogP contribution in [0.3, 0.4) is 0 Å². The molecule has 0 radical (unpaired) electrons. The minimum Gasteiger partial charge on any atom is -0.478 e. The first-order chi connectivity index (χ1) is 10.6. The van der Waals surface area contributed by atoms with E-state index in [1.54, 1.807) is 25.1 Å². The summed E-state index contributed by atoms with van der Waals surface area (Å²) in [7, 11) is 0. The van der Waals surface area contributed by atoms with Gasteiger partial charge in [-0.25, -0.2) is 0 Å². The van der Waals surface area contributed by atoms with E-state index in [9.17, 15) is 9.59 Å². The Morgan fingerprint density at radius 2 is 2.27 bits per heavy atom. The van der Waals surface area contributed by atoms with Gasteiger partial charge >= 0.3 is 0 Å². The highest BCUT2D eigenvalue weighted by molar-refractivity contribution is 6.08. The monoisotopic (exact) mass is 301 g/mol. The number of aromatic amines is 1. The second-order valence-electron chi connectivity index (χ2n) is 4.84. The van der Waals surface area contributed by atoms with Crippen molar-refractivity contribution in [1.82, 2.24) is 15.2 Å². The summed E-state index contributed by atoms with van der Waals surface area (Å²) >= 11 is 0. The summed E-state index contributed by atoms with van der Waals surface area (Å²) in [6, 6.07) is 4.96. The number of H-pyrrole nitrogens is 1. The Balaban J connectivity index is 1.87. The zero-order valence-corrected chi connectivity index (χ0v) is 12.1. The SMILES string of the molecule is CCc1nc(NC(=O)c2cccc3c2OC(C)C(=O)N3)n[nH]1. The molecule has 0 saturated heterocycles. The first-order valence-corrected chi connectivity index (χ1v) is 6.91. The summed E-state index contributed by atoms with van der Waals surface area (Å²) in [5.41, 5.74) is 0.784. The smallest absolute Gasteiger partial charge is 0.265 e. The molecule has 3 rings (SSSR count). The van der Waals surface area contributed by atoms with Crippen molar-refractivity contribution in [2.24, 2.45) is 0 Å². The zero-order chi connectivity index (χ0) is 15.7. The Morgan fingerprint density at radius 1 is 1.45 bits per heavy atom. The predicted molar refractivity (Wildman–Crippen MR) is 78.9 cm³/mol. The maximum absolute atomic E-state index is 12.4. The highest BCUT2D eigenvalue weighted by atomic mass is 16.5. The Hall–Kier alpha value is -2.90. The van der Waals surface area contributed by atoms with Crippen LogP contribution >= 0.6 is 0 Å². The van der Waals surface area contributed by atoms with Crippen molar-refractivity contribution in [3.05, 3.63) is 29.6 Å². The lowest BCUT2D eigenvalue weighted by atomic mass is 10.1. The molecule has 2 heterocycles. The van der Waals surface area contributed by atoms with Crippen molar-refractivity contribution >= 4 is 23.5 Å². The van der Waals surface area contributed by atoms with E-state index >= 15 is 0 Å². The summed E-state index contributed by atoms with van der Waals surface area (Å²) in [4.78, 5) is 28.1. The van der Waals surface area contributed by atoms with Crippen LogP contribution in [-0.4, -0.2) is 33.1 Å². The molecule has 1 aliphatic rings. The number of benzene rings is 1. The summed E-state index contributed by atoms with van der Waals surface area (Å²) in [5, 5.41) is 11.9. The largest absolute Gasteiger partial charge is 0.478 e. The predicted octanol–water partition coefficient (Wildman–Crippen LogP) is 1.34. The van der Waals surface area contributed by atoms with E-state index in [1.165, 1.54) is 0 Å². The number of rotatable bonds is 3. The number of carbonyl (C=O) groups is 2. The molecule has 2 aromatic rings. The molecule has 1 aromatic heterocycles. The molecule has 8 heteroatoms. The Morgan fingerprint density at radius 3 is 3.00 bits per heavy atom. The Kier molecular flexibility index (Phi) is 3.50. The Bertz CT molecular complexity index is 740. The molecule has 3 N–H and O–H groups in total. The van der Waals surface area contributed by atoms with Crippen LogP contribution in [0.15, 0.2) is 18.2 Å². The van der Waals surface area contributed by atoms with E-state index in [4.69, 9.17) is 4.74 Å². The summed E-state index contributed by atoms with van der Waals surface area (Å²) < 4.78 is 5.54. The fourth-order valence-corrected chi connectivity index (χ4v) is 2.08. The number of hydrogen-bond donors (Lipinski definition) is 3. The van der Waals surface area contributed by atoms with E-state index in [0.29, 0.717) is 29.2 Å². The average Bonchev–Trinajstić information content (AvgIpc) is 2.95. The maximum atomic E-state index is 12.4. The Labute approximate surface area is 126 Å². The highest BCUT2D eigenvalue weighted by Gasteiger charge is 2.27. The lowest BCUT2D eigenvalue weighted by Crippen LogP contribution is -2.35. The van der Waals surface area contributed by atoms with Crippen molar-refractivity contribution in [2.75, 3.05) is 10.6 Å². The number of hydrogen-bond acceptors (Lipinski definition) is 5. The number of aryl methyl sites for hydroxylation is 1. The number of nitrogens with one attached hydrogen (secondary N) is 3. The minimum absolute atomic E-state index is 0.201. The number of ether oxygens (including phenoxy) is 1. The third-order valence-corrected chi connectivity index (χ3v) is 3.27. The molecule has 0 bridgehead atoms. The third-order valence-electron chi connectivity index (χ3n) is 3.27. The average molecular weight is 301 g/mol. The standard InChI is InChI=1S/C14H15N5O3/c1-3-10-16-14(19-18-10)17-13(21)8-5-4-6-9-11(8)22-7(2)12(20)15-9/h4-7H,3H2,1-2H3,(H,15,20)(H2,16,17,18,19,21). The molecule has 22 heavy (non-hydrogen) atoms. The summed E-state index contributed by atoms with van der Waals surface area (Å²) in [6.07, 6.45) is 0.0349. The van der Waals surface area contributed by atoms with Gasteiger partial charge in [0.15, 0.2) is 11.9 Å². The molecule has 1 aromatic carbocycles. The lowest BCUT2D eigenvalue weighted by Gasteiger charge is -2.24. The van der Waals surface area contributed by atoms with Gasteiger partial charge in [0.25, 0.3) is 11.8 Å². The first-order valence-electron chi connectivity index (χ1n) is 6.91. The van der Waals surface area contributed by atoms with E-state index in [-0.39, 0.29) is 11.9 Å². The van der Waals surface area contributed by atoms with Gasteiger partial charge in [0, 0.05) is 6.42 Å². The van der Waals surface area contributed by atoms with Gasteiger partial charge in [-0.2, -0.15) is 4.98 Å². The van der Waals surface area contributed by atoms with Gasteiger partial charge < -0.3 is 10.1 Å². The topological polar surface area (TPSA) is 109 Å². The molecule has 2 amide bonds. The number of nitrogens with zero attached hydrogens (tertiary/aromatic N) is 2. The van der Waals surface area contributed by atoms with E-state index in [0.717, 1.165) is 0 Å². The van der Waals surface area contributed by atoms with Gasteiger partial charge in [-0.05, 0) is 19.1 Å². The number of amides is 2. The fraction of sp³-hybridized carbons (Fsp3) is 0.286. The number of anilines is 2. The molecular weight excluding hydrogens is 286 g/mol. The van der Waals surface area contributed by atoms with E-state index in [2.05, 4.69) is 25.8 Å². The quantitative estimate of drug-likeness (QED) is 0.792. The van der Waals surface area contributed by atoms with Crippen LogP contribution in [0.2, 0.25) is 0 Å². The van der Waals surface area contributed by atoms with Gasteiger partial charge in [-0.15, -0.1) is 5.10 Å². The van der Waals surface area contributed by atoms with E-state index in [1.807, 2.05) is 6.92 Å². The molecule has 8 nitrogen and oxygen atoms in total. The van der Waals surface area contributed by atoms with Crippen molar-refractivity contribution in [2.45, 2.75) is 26.4 Å². The minimum atomic E-state index is -0.656. The molecule has 0 fully saturated rings. The van der Waals surface area contributed by atoms with Gasteiger partial charge in [0.2, 0.25) is 5.95 Å². The highest BCUT2D eigenvalue weighted by Crippen LogP contribution is 2.33. The van der Waals surface area contributed by atoms with Crippen molar-refractivity contribution in [1.29, 1.82) is 0 Å². The van der Waals surface area contributed by atoms with Crippen molar-refractivity contribution in [3.63, 3.8) is 0 Å². The van der Waals surface area contributed by atoms with Gasteiger partial charge in [0.05, 0.1) is 11.3 Å². The number of para-hydroxylation sites is 1. The third kappa shape index (κ3) is 2.50. The molecule has 0 aliphatic carbocycles. The maximum Gasteiger partial charge on any atom is 0.265 e. The summed E-state index contributed by atoms with van der Waals surface area (Å²) in [6.45, 7) is 3.55. The van der Waals surface area contributed by atoms with Crippen LogP contribution in [0, 0.1) is 0 Å². The zero-order valence-electron chi connectivity index (χ0n) is 12.1. The first kappa shape index (κ1) is 14.1. The van der Waals surface area contributed by atoms with Gasteiger partial charge in [0.1, 0.15) is 5.82 Å². The molecule has 1 unspecified atom stereocenters. The van der Waals surface area contributed by atoms with Crippen LogP contribution in [0.4, 0.5) is 11.6 Å². The van der Waals surface area contributed by atoms with Crippen molar-refractivity contribution < 1.29 is 14.3 Å².